The molecule has 1 aliphatic carbocycles. The highest BCUT2D eigenvalue weighted by molar-refractivity contribution is 5.94. The summed E-state index contributed by atoms with van der Waals surface area (Å²) in [4.78, 5) is 23.4. The number of ether oxygens (including phenoxy) is 1. The molecule has 0 amide bonds. The Bertz CT molecular complexity index is 881. The minimum atomic E-state index is -1.54. The molecule has 0 spiro atoms. The van der Waals surface area contributed by atoms with Crippen molar-refractivity contribution in [3.8, 4) is 5.75 Å². The van der Waals surface area contributed by atoms with Gasteiger partial charge in [0.1, 0.15) is 17.3 Å². The Hall–Kier alpha value is -2.71. The predicted molar refractivity (Wildman–Crippen MR) is 74.3 cm³/mol. The molecule has 23 heavy (non-hydrogen) atoms. The molecule has 6 nitrogen and oxygen atoms in total. The normalized spacial score (nSPS) is 19.7. The minimum Gasteiger partial charge on any atom is -0.491 e. The first-order valence-electron chi connectivity index (χ1n) is 6.60. The van der Waals surface area contributed by atoms with Crippen LogP contribution in [0.15, 0.2) is 17.1 Å². The van der Waals surface area contributed by atoms with Gasteiger partial charge in [-0.3, -0.25) is 9.47 Å². The largest absolute Gasteiger partial charge is 0.491 e. The Morgan fingerprint density at radius 2 is 2.13 bits per heavy atom. The van der Waals surface area contributed by atoms with Crippen LogP contribution >= 0.6 is 0 Å². The van der Waals surface area contributed by atoms with Gasteiger partial charge in [-0.05, 0) is 6.07 Å². The van der Waals surface area contributed by atoms with E-state index in [1.54, 1.807) is 0 Å². The molecule has 9 heteroatoms. The van der Waals surface area contributed by atoms with Crippen LogP contribution < -0.4 is 15.6 Å². The first kappa shape index (κ1) is 15.2. The van der Waals surface area contributed by atoms with Crippen LogP contribution in [0.3, 0.4) is 0 Å². The molecule has 0 bridgehead atoms. The fraction of sp³-hybridized carbons (Fsp3) is 0.286. The summed E-state index contributed by atoms with van der Waals surface area (Å²) in [5.41, 5.74) is 0.780. The second-order valence-corrected chi connectivity index (χ2v) is 5.14. The monoisotopic (exact) mass is 328 g/mol. The van der Waals surface area contributed by atoms with Crippen molar-refractivity contribution in [2.24, 2.45) is 0 Å². The number of carboxylic acids is 1. The van der Waals surface area contributed by atoms with Crippen LogP contribution in [-0.4, -0.2) is 35.1 Å². The average molecular weight is 328 g/mol. The summed E-state index contributed by atoms with van der Waals surface area (Å²) < 4.78 is 46.5. The first-order chi connectivity index (χ1) is 10.8. The van der Waals surface area contributed by atoms with Gasteiger partial charge in [-0.15, -0.1) is 0 Å². The van der Waals surface area contributed by atoms with Crippen molar-refractivity contribution >= 4 is 16.9 Å². The Morgan fingerprint density at radius 3 is 2.65 bits per heavy atom. The van der Waals surface area contributed by atoms with E-state index in [4.69, 9.17) is 9.84 Å². The fourth-order valence-corrected chi connectivity index (χ4v) is 2.32. The lowest BCUT2D eigenvalue weighted by atomic mass is 10.1. The smallest absolute Gasteiger partial charge is 0.341 e. The molecule has 1 aliphatic rings. The van der Waals surface area contributed by atoms with E-state index in [-0.39, 0.29) is 17.3 Å². The molecular formula is C14H11F3N2O4. The van der Waals surface area contributed by atoms with E-state index in [1.165, 1.54) is 0 Å². The molecular weight excluding hydrogens is 317 g/mol. The summed E-state index contributed by atoms with van der Waals surface area (Å²) in [6.07, 6.45) is -0.0611. The van der Waals surface area contributed by atoms with Crippen molar-refractivity contribution in [2.75, 3.05) is 12.5 Å². The molecule has 1 aromatic carbocycles. The summed E-state index contributed by atoms with van der Waals surface area (Å²) in [5, 5.41) is 8.70. The number of nitrogens with one attached hydrogen (secondary N) is 1. The maximum absolute atomic E-state index is 13.9. The van der Waals surface area contributed by atoms with Crippen LogP contribution in [0.4, 0.5) is 13.2 Å². The van der Waals surface area contributed by atoms with Crippen molar-refractivity contribution in [2.45, 2.75) is 18.6 Å². The second kappa shape index (κ2) is 5.18. The lowest BCUT2D eigenvalue weighted by molar-refractivity contribution is 0.0695. The SMILES string of the molecule is COc1c(F)c(F)cc2c(=O)c(C(=O)O)cn(N[C@@H]3C[C@@H]3F)c12. The van der Waals surface area contributed by atoms with Crippen LogP contribution in [0.1, 0.15) is 16.8 Å². The van der Waals surface area contributed by atoms with Gasteiger partial charge in [-0.25, -0.2) is 13.6 Å². The number of halogens is 3. The lowest BCUT2D eigenvalue weighted by Crippen LogP contribution is -2.26. The zero-order valence-corrected chi connectivity index (χ0v) is 11.8. The number of nitrogens with zero attached hydrogens (tertiary/aromatic N) is 1. The number of hydrogen-bond donors (Lipinski definition) is 2. The maximum atomic E-state index is 13.9. The molecule has 1 saturated carbocycles. The highest BCUT2D eigenvalue weighted by Gasteiger charge is 2.38. The summed E-state index contributed by atoms with van der Waals surface area (Å²) in [6.45, 7) is 0. The van der Waals surface area contributed by atoms with Gasteiger partial charge in [-0.2, -0.15) is 4.39 Å². The van der Waals surface area contributed by atoms with Crippen molar-refractivity contribution in [1.82, 2.24) is 4.68 Å². The molecule has 1 fully saturated rings. The number of aromatic carboxylic acids is 1. The number of pyridine rings is 1. The third-order valence-electron chi connectivity index (χ3n) is 3.59. The summed E-state index contributed by atoms with van der Waals surface area (Å²) in [5.74, 6) is -4.79. The van der Waals surface area contributed by atoms with Gasteiger partial charge in [0.25, 0.3) is 0 Å². The van der Waals surface area contributed by atoms with E-state index in [0.717, 1.165) is 18.0 Å². The van der Waals surface area contributed by atoms with Gasteiger partial charge in [-0.1, -0.05) is 0 Å². The fourth-order valence-electron chi connectivity index (χ4n) is 2.32. The Morgan fingerprint density at radius 1 is 1.48 bits per heavy atom. The van der Waals surface area contributed by atoms with Crippen molar-refractivity contribution < 1.29 is 27.8 Å². The topological polar surface area (TPSA) is 80.6 Å². The molecule has 0 aliphatic heterocycles. The molecule has 3 rings (SSSR count). The molecule has 1 aromatic heterocycles. The summed E-state index contributed by atoms with van der Waals surface area (Å²) in [6, 6.07) is -0.0138. The number of carbonyl (C=O) groups is 1. The van der Waals surface area contributed by atoms with Crippen LogP contribution in [0.2, 0.25) is 0 Å². The maximum Gasteiger partial charge on any atom is 0.341 e. The van der Waals surface area contributed by atoms with Gasteiger partial charge in [0, 0.05) is 12.6 Å². The van der Waals surface area contributed by atoms with E-state index in [1.807, 2.05) is 0 Å². The van der Waals surface area contributed by atoms with E-state index in [9.17, 15) is 22.8 Å². The molecule has 0 saturated heterocycles. The first-order valence-corrected chi connectivity index (χ1v) is 6.60. The van der Waals surface area contributed by atoms with Gasteiger partial charge < -0.3 is 15.3 Å². The molecule has 2 aromatic rings. The second-order valence-electron chi connectivity index (χ2n) is 5.14. The number of rotatable bonds is 4. The molecule has 0 unspecified atom stereocenters. The third kappa shape index (κ3) is 2.37. The number of aromatic nitrogens is 1. The highest BCUT2D eigenvalue weighted by atomic mass is 19.2. The Labute approximate surface area is 127 Å². The number of fused-ring (bicyclic) bond motifs is 1. The summed E-state index contributed by atoms with van der Waals surface area (Å²) in [7, 11) is 1.08. The average Bonchev–Trinajstić information content (AvgIpc) is 3.18. The Balaban J connectivity index is 2.38. The zero-order chi connectivity index (χ0) is 16.9. The van der Waals surface area contributed by atoms with Gasteiger partial charge in [0.15, 0.2) is 11.6 Å². The van der Waals surface area contributed by atoms with Gasteiger partial charge >= 0.3 is 5.97 Å². The van der Waals surface area contributed by atoms with Crippen LogP contribution in [0, 0.1) is 11.6 Å². The van der Waals surface area contributed by atoms with E-state index < -0.39 is 46.6 Å². The molecule has 2 atom stereocenters. The minimum absolute atomic E-state index is 0.183. The molecule has 2 N–H and O–H groups in total. The number of carboxylic acid groups (broad SMARTS) is 1. The quantitative estimate of drug-likeness (QED) is 0.892. The predicted octanol–water partition coefficient (Wildman–Crippen LogP) is 1.64. The van der Waals surface area contributed by atoms with Crippen molar-refractivity contribution in [3.05, 3.63) is 39.7 Å². The standard InChI is InChI=1S/C14H11F3N2O4/c1-23-13-10(17)8(16)2-5-11(13)19(18-9-3-7(9)15)4-6(12(5)20)14(21)22/h2,4,7,9,18H,3H2,1H3,(H,21,22)/t7-,9+/m0/s1. The number of hydrogen-bond acceptors (Lipinski definition) is 4. The van der Waals surface area contributed by atoms with Crippen LogP contribution in [0.5, 0.6) is 5.75 Å². The lowest BCUT2D eigenvalue weighted by Gasteiger charge is -2.17. The highest BCUT2D eigenvalue weighted by Crippen LogP contribution is 2.31. The van der Waals surface area contributed by atoms with E-state index >= 15 is 0 Å². The van der Waals surface area contributed by atoms with E-state index in [2.05, 4.69) is 5.43 Å². The van der Waals surface area contributed by atoms with Crippen LogP contribution in [0.25, 0.3) is 10.9 Å². The van der Waals surface area contributed by atoms with Gasteiger partial charge in [0.05, 0.1) is 18.5 Å². The van der Waals surface area contributed by atoms with Crippen LogP contribution in [-0.2, 0) is 0 Å². The third-order valence-corrected chi connectivity index (χ3v) is 3.59. The molecule has 1 heterocycles. The number of benzene rings is 1. The Kier molecular flexibility index (Phi) is 3.42. The van der Waals surface area contributed by atoms with Crippen molar-refractivity contribution in [3.63, 3.8) is 0 Å². The summed E-state index contributed by atoms with van der Waals surface area (Å²) >= 11 is 0. The van der Waals surface area contributed by atoms with Gasteiger partial charge in [0.2, 0.25) is 11.2 Å². The molecule has 122 valence electrons. The number of methoxy groups -OCH3 is 1. The van der Waals surface area contributed by atoms with Crippen molar-refractivity contribution in [1.29, 1.82) is 0 Å². The number of alkyl halides is 1. The van der Waals surface area contributed by atoms with E-state index in [0.29, 0.717) is 6.07 Å². The molecule has 0 radical (unpaired) electrons. The zero-order valence-electron chi connectivity index (χ0n) is 11.8.